The highest BCUT2D eigenvalue weighted by Crippen LogP contribution is 2.23. The molecular formula is C25H22N6O3. The summed E-state index contributed by atoms with van der Waals surface area (Å²) in [7, 11) is 3.18. The fraction of sp³-hybridized carbons (Fsp3) is 0.120. The van der Waals surface area contributed by atoms with Gasteiger partial charge in [0.05, 0.1) is 19.9 Å². The molecule has 0 aliphatic heterocycles. The van der Waals surface area contributed by atoms with Crippen molar-refractivity contribution in [2.75, 3.05) is 12.5 Å². The van der Waals surface area contributed by atoms with Crippen molar-refractivity contribution in [2.45, 2.75) is 6.54 Å². The number of hydrogen-bond acceptors (Lipinski definition) is 6. The first-order valence-corrected chi connectivity index (χ1v) is 10.6. The number of aromatic nitrogens is 4. The molecule has 0 amide bonds. The molecule has 0 aliphatic carbocycles. The quantitative estimate of drug-likeness (QED) is 0.303. The van der Waals surface area contributed by atoms with E-state index in [1.54, 1.807) is 24.9 Å². The monoisotopic (exact) mass is 454 g/mol. The summed E-state index contributed by atoms with van der Waals surface area (Å²) in [5, 5.41) is 6.48. The Labute approximate surface area is 194 Å². The van der Waals surface area contributed by atoms with E-state index in [2.05, 4.69) is 20.5 Å². The predicted octanol–water partition coefficient (Wildman–Crippen LogP) is 3.08. The van der Waals surface area contributed by atoms with Crippen LogP contribution in [0, 0.1) is 0 Å². The van der Waals surface area contributed by atoms with Crippen LogP contribution in [0.15, 0.2) is 81.4 Å². The van der Waals surface area contributed by atoms with E-state index in [1.807, 2.05) is 66.7 Å². The molecule has 0 radical (unpaired) electrons. The minimum atomic E-state index is -0.527. The molecule has 2 N–H and O–H groups in total. The number of aryl methyl sites for hydroxylation is 1. The number of rotatable bonds is 6. The number of imidazole rings is 1. The van der Waals surface area contributed by atoms with Crippen LogP contribution >= 0.6 is 0 Å². The number of benzene rings is 3. The summed E-state index contributed by atoms with van der Waals surface area (Å²) >= 11 is 0. The fourth-order valence-electron chi connectivity index (χ4n) is 3.93. The summed E-state index contributed by atoms with van der Waals surface area (Å²) < 4.78 is 8.23. The van der Waals surface area contributed by atoms with Crippen molar-refractivity contribution in [3.8, 4) is 5.75 Å². The summed E-state index contributed by atoms with van der Waals surface area (Å²) in [5.41, 5.74) is 4.34. The van der Waals surface area contributed by atoms with Gasteiger partial charge in [-0.1, -0.05) is 42.5 Å². The second kappa shape index (κ2) is 8.70. The lowest BCUT2D eigenvalue weighted by molar-refractivity contribution is 0.415. The van der Waals surface area contributed by atoms with Gasteiger partial charge < -0.3 is 4.74 Å². The minimum Gasteiger partial charge on any atom is -0.497 e. The maximum absolute atomic E-state index is 12.8. The Hall–Kier alpha value is -4.66. The number of H-pyrrole nitrogens is 1. The average Bonchev–Trinajstić information content (AvgIpc) is 3.22. The number of nitrogens with zero attached hydrogens (tertiary/aromatic N) is 4. The number of methoxy groups -OCH3 is 1. The molecule has 170 valence electrons. The summed E-state index contributed by atoms with van der Waals surface area (Å²) in [5.74, 6) is 1.10. The third-order valence-corrected chi connectivity index (χ3v) is 5.71. The topological polar surface area (TPSA) is 106 Å². The standard InChI is InChI=1S/C25H22N6O3/c1-30-22-21(23(32)28-25(30)33)31(15-18-8-5-7-17-6-3-4-9-20(17)18)24(27-22)29-26-14-16-10-12-19(34-2)13-11-16/h3-14H,15H2,1-2H3,(H,27,29)(H,28,32,33)/b26-14+. The van der Waals surface area contributed by atoms with Crippen molar-refractivity contribution >= 4 is 34.1 Å². The van der Waals surface area contributed by atoms with Crippen LogP contribution in [0.2, 0.25) is 0 Å². The number of nitrogens with one attached hydrogen (secondary N) is 2. The Balaban J connectivity index is 1.59. The number of anilines is 1. The molecule has 3 aromatic carbocycles. The van der Waals surface area contributed by atoms with Crippen molar-refractivity contribution in [1.82, 2.24) is 19.1 Å². The summed E-state index contributed by atoms with van der Waals surface area (Å²) in [6.45, 7) is 0.361. The Kier molecular flexibility index (Phi) is 5.43. The van der Waals surface area contributed by atoms with E-state index in [4.69, 9.17) is 4.74 Å². The van der Waals surface area contributed by atoms with Gasteiger partial charge in [0.25, 0.3) is 5.56 Å². The predicted molar refractivity (Wildman–Crippen MR) is 133 cm³/mol. The number of fused-ring (bicyclic) bond motifs is 2. The van der Waals surface area contributed by atoms with Crippen molar-refractivity contribution in [2.24, 2.45) is 12.1 Å². The molecule has 34 heavy (non-hydrogen) atoms. The number of hydrogen-bond donors (Lipinski definition) is 2. The minimum absolute atomic E-state index is 0.274. The van der Waals surface area contributed by atoms with E-state index in [1.165, 1.54) is 4.57 Å². The average molecular weight is 454 g/mol. The van der Waals surface area contributed by atoms with Crippen molar-refractivity contribution in [3.05, 3.63) is 98.7 Å². The Morgan fingerprint density at radius 2 is 1.82 bits per heavy atom. The second-order valence-electron chi connectivity index (χ2n) is 7.79. The van der Waals surface area contributed by atoms with E-state index >= 15 is 0 Å². The molecule has 2 heterocycles. The Bertz CT molecular complexity index is 1640. The zero-order valence-corrected chi connectivity index (χ0v) is 18.6. The molecule has 0 aliphatic rings. The van der Waals surface area contributed by atoms with Gasteiger partial charge in [0.15, 0.2) is 11.2 Å². The smallest absolute Gasteiger partial charge is 0.329 e. The largest absolute Gasteiger partial charge is 0.497 e. The van der Waals surface area contributed by atoms with Gasteiger partial charge in [0, 0.05) is 7.05 Å². The maximum atomic E-state index is 12.8. The molecule has 9 nitrogen and oxygen atoms in total. The van der Waals surface area contributed by atoms with Gasteiger partial charge in [0.2, 0.25) is 5.95 Å². The van der Waals surface area contributed by atoms with E-state index < -0.39 is 11.2 Å². The number of hydrazone groups is 1. The van der Waals surface area contributed by atoms with Gasteiger partial charge in [-0.05, 0) is 46.2 Å². The molecule has 0 atom stereocenters. The highest BCUT2D eigenvalue weighted by Gasteiger charge is 2.18. The van der Waals surface area contributed by atoms with Gasteiger partial charge in [-0.2, -0.15) is 10.1 Å². The van der Waals surface area contributed by atoms with Crippen LogP contribution in [0.5, 0.6) is 5.75 Å². The highest BCUT2D eigenvalue weighted by atomic mass is 16.5. The van der Waals surface area contributed by atoms with Gasteiger partial charge in [0.1, 0.15) is 5.75 Å². The molecule has 0 spiro atoms. The Morgan fingerprint density at radius 1 is 1.06 bits per heavy atom. The SMILES string of the molecule is COc1ccc(/C=N/Nc2nc3c(c(=O)[nH]c(=O)n3C)n2Cc2cccc3ccccc23)cc1. The van der Waals surface area contributed by atoms with Gasteiger partial charge in [-0.15, -0.1) is 0 Å². The third kappa shape index (κ3) is 3.83. The highest BCUT2D eigenvalue weighted by molar-refractivity contribution is 5.86. The summed E-state index contributed by atoms with van der Waals surface area (Å²) in [6.07, 6.45) is 1.64. The van der Waals surface area contributed by atoms with Gasteiger partial charge in [-0.3, -0.25) is 18.9 Å². The molecule has 5 aromatic rings. The van der Waals surface area contributed by atoms with Gasteiger partial charge >= 0.3 is 5.69 Å². The molecule has 0 fully saturated rings. The molecule has 0 saturated heterocycles. The van der Waals surface area contributed by atoms with Crippen LogP contribution in [0.1, 0.15) is 11.1 Å². The summed E-state index contributed by atoms with van der Waals surface area (Å²) in [6, 6.07) is 21.5. The van der Waals surface area contributed by atoms with Crippen LogP contribution in [0.3, 0.4) is 0 Å². The molecule has 0 saturated carbocycles. The molecule has 2 aromatic heterocycles. The zero-order chi connectivity index (χ0) is 23.7. The van der Waals surface area contributed by atoms with E-state index in [0.717, 1.165) is 27.6 Å². The normalized spacial score (nSPS) is 11.5. The molecule has 0 unspecified atom stereocenters. The first-order valence-electron chi connectivity index (χ1n) is 10.6. The van der Waals surface area contributed by atoms with Crippen molar-refractivity contribution in [1.29, 1.82) is 0 Å². The molecule has 0 bridgehead atoms. The van der Waals surface area contributed by atoms with Crippen molar-refractivity contribution in [3.63, 3.8) is 0 Å². The maximum Gasteiger partial charge on any atom is 0.329 e. The van der Waals surface area contributed by atoms with Gasteiger partial charge in [-0.25, -0.2) is 10.2 Å². The van der Waals surface area contributed by atoms with Crippen LogP contribution in [-0.4, -0.2) is 32.4 Å². The van der Waals surface area contributed by atoms with E-state index in [9.17, 15) is 9.59 Å². The lowest BCUT2D eigenvalue weighted by atomic mass is 10.0. The van der Waals surface area contributed by atoms with Crippen LogP contribution < -0.4 is 21.4 Å². The first-order chi connectivity index (χ1) is 16.5. The van der Waals surface area contributed by atoms with E-state index in [0.29, 0.717) is 12.5 Å². The third-order valence-electron chi connectivity index (χ3n) is 5.71. The zero-order valence-electron chi connectivity index (χ0n) is 18.6. The molecular weight excluding hydrogens is 432 g/mol. The van der Waals surface area contributed by atoms with E-state index in [-0.39, 0.29) is 11.2 Å². The van der Waals surface area contributed by atoms with Crippen LogP contribution in [-0.2, 0) is 13.6 Å². The Morgan fingerprint density at radius 3 is 2.62 bits per heavy atom. The number of ether oxygens (including phenoxy) is 1. The molecule has 5 rings (SSSR count). The summed E-state index contributed by atoms with van der Waals surface area (Å²) in [4.78, 5) is 31.8. The van der Waals surface area contributed by atoms with Crippen molar-refractivity contribution < 1.29 is 4.74 Å². The molecule has 9 heteroatoms. The number of aromatic amines is 1. The second-order valence-corrected chi connectivity index (χ2v) is 7.79. The fourth-order valence-corrected chi connectivity index (χ4v) is 3.93. The van der Waals surface area contributed by atoms with Crippen LogP contribution in [0.25, 0.3) is 21.9 Å². The lowest BCUT2D eigenvalue weighted by Crippen LogP contribution is -2.29. The van der Waals surface area contributed by atoms with Crippen LogP contribution in [0.4, 0.5) is 5.95 Å². The lowest BCUT2D eigenvalue weighted by Gasteiger charge is -2.11. The first kappa shape index (κ1) is 21.2.